The molecule has 0 saturated heterocycles. The van der Waals surface area contributed by atoms with Crippen molar-refractivity contribution in [3.05, 3.63) is 35.1 Å². The van der Waals surface area contributed by atoms with Gasteiger partial charge in [-0.3, -0.25) is 4.79 Å². The largest absolute Gasteiger partial charge is 0.349 e. The Kier molecular flexibility index (Phi) is 6.54. The molecule has 1 aliphatic carbocycles. The average molecular weight is 265 g/mol. The summed E-state index contributed by atoms with van der Waals surface area (Å²) in [5, 5.41) is 2.92. The first-order valence-electron chi connectivity index (χ1n) is 7.24. The molecule has 106 valence electrons. The summed E-state index contributed by atoms with van der Waals surface area (Å²) < 4.78 is 13.5. The molecule has 0 heterocycles. The number of carbonyl (C=O) groups excluding carboxylic acids is 1. The van der Waals surface area contributed by atoms with Crippen LogP contribution in [0.4, 0.5) is 4.39 Å². The standard InChI is InChI=1S/C14H18FNO.C2H6/c1-10-7-8-13(15)12(9-10)14(17)16-11-5-3-2-4-6-11;1-2/h7-9,11H,2-6H2,1H3,(H,16,17);1-2H3. The number of halogens is 1. The molecule has 0 aliphatic heterocycles. The van der Waals surface area contributed by atoms with Gasteiger partial charge in [0.05, 0.1) is 5.56 Å². The van der Waals surface area contributed by atoms with Gasteiger partial charge in [-0.25, -0.2) is 4.39 Å². The zero-order valence-electron chi connectivity index (χ0n) is 12.1. The quantitative estimate of drug-likeness (QED) is 0.852. The van der Waals surface area contributed by atoms with Gasteiger partial charge in [0.1, 0.15) is 5.82 Å². The van der Waals surface area contributed by atoms with Gasteiger partial charge in [-0.05, 0) is 31.9 Å². The first kappa shape index (κ1) is 15.7. The molecule has 0 spiro atoms. The molecular formula is C16H24FNO. The van der Waals surface area contributed by atoms with Crippen LogP contribution in [-0.2, 0) is 0 Å². The Morgan fingerprint density at radius 1 is 1.21 bits per heavy atom. The molecule has 1 N–H and O–H groups in total. The Labute approximate surface area is 115 Å². The van der Waals surface area contributed by atoms with Crippen LogP contribution in [0.25, 0.3) is 0 Å². The number of amides is 1. The summed E-state index contributed by atoms with van der Waals surface area (Å²) in [4.78, 5) is 11.9. The third-order valence-electron chi connectivity index (χ3n) is 3.31. The summed E-state index contributed by atoms with van der Waals surface area (Å²) in [5.74, 6) is -0.720. The number of nitrogens with one attached hydrogen (secondary N) is 1. The van der Waals surface area contributed by atoms with Gasteiger partial charge in [0.25, 0.3) is 5.91 Å². The minimum atomic E-state index is -0.441. The molecule has 1 fully saturated rings. The summed E-state index contributed by atoms with van der Waals surface area (Å²) in [7, 11) is 0. The van der Waals surface area contributed by atoms with Crippen LogP contribution in [-0.4, -0.2) is 11.9 Å². The Bertz CT molecular complexity index is 411. The minimum absolute atomic E-state index is 0.163. The molecule has 19 heavy (non-hydrogen) atoms. The first-order valence-corrected chi connectivity index (χ1v) is 7.24. The van der Waals surface area contributed by atoms with Gasteiger partial charge in [-0.1, -0.05) is 44.7 Å². The van der Waals surface area contributed by atoms with Gasteiger partial charge in [0, 0.05) is 6.04 Å². The second kappa shape index (κ2) is 7.93. The summed E-state index contributed by atoms with van der Waals surface area (Å²) in [6.07, 6.45) is 5.58. The van der Waals surface area contributed by atoms with Crippen molar-refractivity contribution in [1.82, 2.24) is 5.32 Å². The van der Waals surface area contributed by atoms with Crippen LogP contribution in [0.3, 0.4) is 0 Å². The number of benzene rings is 1. The Morgan fingerprint density at radius 3 is 2.47 bits per heavy atom. The second-order valence-corrected chi connectivity index (χ2v) is 4.79. The van der Waals surface area contributed by atoms with E-state index in [0.717, 1.165) is 31.2 Å². The molecular weight excluding hydrogens is 241 g/mol. The molecule has 1 aromatic rings. The van der Waals surface area contributed by atoms with Crippen molar-refractivity contribution in [3.63, 3.8) is 0 Å². The van der Waals surface area contributed by atoms with Crippen LogP contribution in [0.2, 0.25) is 0 Å². The van der Waals surface area contributed by atoms with E-state index >= 15 is 0 Å². The van der Waals surface area contributed by atoms with Crippen molar-refractivity contribution >= 4 is 5.91 Å². The van der Waals surface area contributed by atoms with Crippen molar-refractivity contribution < 1.29 is 9.18 Å². The summed E-state index contributed by atoms with van der Waals surface area (Å²) in [6, 6.07) is 4.85. The van der Waals surface area contributed by atoms with Crippen molar-refractivity contribution in [1.29, 1.82) is 0 Å². The normalized spacial score (nSPS) is 15.4. The SMILES string of the molecule is CC.Cc1ccc(F)c(C(=O)NC2CCCCC2)c1. The van der Waals surface area contributed by atoms with Crippen LogP contribution in [0, 0.1) is 12.7 Å². The molecule has 1 saturated carbocycles. The minimum Gasteiger partial charge on any atom is -0.349 e. The van der Waals surface area contributed by atoms with E-state index in [9.17, 15) is 9.18 Å². The topological polar surface area (TPSA) is 29.1 Å². The maximum Gasteiger partial charge on any atom is 0.254 e. The van der Waals surface area contributed by atoms with E-state index in [1.807, 2.05) is 20.8 Å². The molecule has 2 rings (SSSR count). The zero-order chi connectivity index (χ0) is 14.3. The lowest BCUT2D eigenvalue weighted by molar-refractivity contribution is 0.0923. The van der Waals surface area contributed by atoms with Crippen molar-refractivity contribution in [2.75, 3.05) is 0 Å². The average Bonchev–Trinajstić information content (AvgIpc) is 2.45. The van der Waals surface area contributed by atoms with Gasteiger partial charge in [0.2, 0.25) is 0 Å². The third kappa shape index (κ3) is 4.66. The van der Waals surface area contributed by atoms with Gasteiger partial charge in [-0.2, -0.15) is 0 Å². The van der Waals surface area contributed by atoms with Gasteiger partial charge >= 0.3 is 0 Å². The fraction of sp³-hybridized carbons (Fsp3) is 0.562. The zero-order valence-corrected chi connectivity index (χ0v) is 12.1. The molecule has 1 aromatic carbocycles. The van der Waals surface area contributed by atoms with Gasteiger partial charge < -0.3 is 5.32 Å². The van der Waals surface area contributed by atoms with E-state index in [4.69, 9.17) is 0 Å². The second-order valence-electron chi connectivity index (χ2n) is 4.79. The lowest BCUT2D eigenvalue weighted by atomic mass is 9.95. The predicted octanol–water partition coefficient (Wildman–Crippen LogP) is 4.22. The highest BCUT2D eigenvalue weighted by Crippen LogP contribution is 2.18. The fourth-order valence-electron chi connectivity index (χ4n) is 2.32. The molecule has 2 nitrogen and oxygen atoms in total. The molecule has 0 aromatic heterocycles. The molecule has 0 atom stereocenters. The van der Waals surface area contributed by atoms with E-state index in [1.165, 1.54) is 12.5 Å². The van der Waals surface area contributed by atoms with Crippen molar-refractivity contribution in [2.24, 2.45) is 0 Å². The number of hydrogen-bond donors (Lipinski definition) is 1. The highest BCUT2D eigenvalue weighted by molar-refractivity contribution is 5.94. The van der Waals surface area contributed by atoms with E-state index in [0.29, 0.717) is 0 Å². The molecule has 1 aliphatic rings. The van der Waals surface area contributed by atoms with E-state index < -0.39 is 5.82 Å². The van der Waals surface area contributed by atoms with Crippen LogP contribution >= 0.6 is 0 Å². The van der Waals surface area contributed by atoms with Crippen LogP contribution in [0.15, 0.2) is 18.2 Å². The highest BCUT2D eigenvalue weighted by atomic mass is 19.1. The number of aryl methyl sites for hydroxylation is 1. The van der Waals surface area contributed by atoms with Crippen LogP contribution in [0.5, 0.6) is 0 Å². The maximum absolute atomic E-state index is 13.5. The highest BCUT2D eigenvalue weighted by Gasteiger charge is 2.18. The van der Waals surface area contributed by atoms with E-state index in [1.54, 1.807) is 12.1 Å². The summed E-state index contributed by atoms with van der Waals surface area (Å²) >= 11 is 0. The van der Waals surface area contributed by atoms with Crippen LogP contribution < -0.4 is 5.32 Å². The number of rotatable bonds is 2. The van der Waals surface area contributed by atoms with Crippen molar-refractivity contribution in [2.45, 2.75) is 58.9 Å². The summed E-state index contributed by atoms with van der Waals surface area (Å²) in [5.41, 5.74) is 1.07. The monoisotopic (exact) mass is 265 g/mol. The Balaban J connectivity index is 0.000000861. The van der Waals surface area contributed by atoms with E-state index in [2.05, 4.69) is 5.32 Å². The number of hydrogen-bond acceptors (Lipinski definition) is 1. The molecule has 0 radical (unpaired) electrons. The third-order valence-corrected chi connectivity index (χ3v) is 3.31. The van der Waals surface area contributed by atoms with Gasteiger partial charge in [0.15, 0.2) is 0 Å². The molecule has 1 amide bonds. The lowest BCUT2D eigenvalue weighted by Gasteiger charge is -2.22. The van der Waals surface area contributed by atoms with Gasteiger partial charge in [-0.15, -0.1) is 0 Å². The smallest absolute Gasteiger partial charge is 0.254 e. The molecule has 0 unspecified atom stereocenters. The summed E-state index contributed by atoms with van der Waals surface area (Å²) in [6.45, 7) is 5.86. The van der Waals surface area contributed by atoms with Crippen molar-refractivity contribution in [3.8, 4) is 0 Å². The fourth-order valence-corrected chi connectivity index (χ4v) is 2.32. The Morgan fingerprint density at radius 2 is 1.84 bits per heavy atom. The predicted molar refractivity (Wildman–Crippen MR) is 76.8 cm³/mol. The number of carbonyl (C=O) groups is 1. The van der Waals surface area contributed by atoms with E-state index in [-0.39, 0.29) is 17.5 Å². The molecule has 0 bridgehead atoms. The first-order chi connectivity index (χ1) is 9.16. The molecule has 3 heteroatoms. The Hall–Kier alpha value is -1.38. The van der Waals surface area contributed by atoms with Crippen LogP contribution in [0.1, 0.15) is 61.9 Å². The maximum atomic E-state index is 13.5. The lowest BCUT2D eigenvalue weighted by Crippen LogP contribution is -2.36.